The summed E-state index contributed by atoms with van der Waals surface area (Å²) in [5.74, 6) is -0.890. The molecule has 0 spiro atoms. The lowest BCUT2D eigenvalue weighted by atomic mass is 10.1. The van der Waals surface area contributed by atoms with Gasteiger partial charge in [0.05, 0.1) is 13.2 Å². The largest absolute Gasteiger partial charge is 0.472 e. The minimum Gasteiger partial charge on any atom is -0.462 e. The highest BCUT2D eigenvalue weighted by molar-refractivity contribution is 7.47. The summed E-state index contributed by atoms with van der Waals surface area (Å²) >= 11 is 0. The second kappa shape index (κ2) is 37.5. The molecule has 2 atom stereocenters. The number of unbranched alkanes of at least 4 members (excludes halogenated alkanes) is 13. The zero-order chi connectivity index (χ0) is 37.5. The molecule has 0 amide bonds. The predicted octanol–water partition coefficient (Wildman–Crippen LogP) is 10.9. The van der Waals surface area contributed by atoms with Crippen molar-refractivity contribution in [2.45, 2.75) is 161 Å². The van der Waals surface area contributed by atoms with Gasteiger partial charge in [-0.15, -0.1) is 0 Å². The number of phosphoric acid groups is 1. The van der Waals surface area contributed by atoms with Crippen molar-refractivity contribution in [3.05, 3.63) is 60.8 Å². The Balaban J connectivity index is 4.31. The van der Waals surface area contributed by atoms with E-state index in [2.05, 4.69) is 74.6 Å². The van der Waals surface area contributed by atoms with Gasteiger partial charge in [0.2, 0.25) is 0 Å². The molecular weight excluding hydrogens is 665 g/mol. The van der Waals surface area contributed by atoms with Crippen molar-refractivity contribution in [3.8, 4) is 0 Å². The maximum absolute atomic E-state index is 12.5. The number of rotatable bonds is 36. The molecule has 0 aromatic rings. The zero-order valence-corrected chi connectivity index (χ0v) is 33.0. The molecule has 9 nitrogen and oxygen atoms in total. The predicted molar refractivity (Wildman–Crippen MR) is 210 cm³/mol. The molecule has 0 aliphatic heterocycles. The molecule has 0 saturated heterocycles. The van der Waals surface area contributed by atoms with Crippen LogP contribution in [0.2, 0.25) is 0 Å². The number of nitrogens with two attached hydrogens (primary N) is 1. The van der Waals surface area contributed by atoms with Crippen molar-refractivity contribution in [1.82, 2.24) is 0 Å². The van der Waals surface area contributed by atoms with E-state index in [4.69, 9.17) is 24.3 Å². The number of phosphoric ester groups is 1. The van der Waals surface area contributed by atoms with E-state index < -0.39 is 32.5 Å². The maximum atomic E-state index is 12.5. The quantitative estimate of drug-likeness (QED) is 0.0279. The Morgan fingerprint density at radius 3 is 1.61 bits per heavy atom. The topological polar surface area (TPSA) is 134 Å². The first-order valence-electron chi connectivity index (χ1n) is 19.8. The van der Waals surface area contributed by atoms with Crippen molar-refractivity contribution in [3.63, 3.8) is 0 Å². The smallest absolute Gasteiger partial charge is 0.462 e. The van der Waals surface area contributed by atoms with Gasteiger partial charge in [-0.25, -0.2) is 4.57 Å². The lowest BCUT2D eigenvalue weighted by Crippen LogP contribution is -2.29. The SMILES string of the molecule is CCC/C=C/C/C=C/C/C=C/C/C=C/CCCCCC(=O)O[C@H](COC(=O)CCCCC/C=C/CCCCCCCC)COP(=O)(O)OCCN. The average molecular weight is 738 g/mol. The van der Waals surface area contributed by atoms with Crippen LogP contribution < -0.4 is 5.73 Å². The first kappa shape index (κ1) is 48.7. The number of hydrogen-bond donors (Lipinski definition) is 2. The molecule has 0 bridgehead atoms. The number of hydrogen-bond acceptors (Lipinski definition) is 8. The van der Waals surface area contributed by atoms with E-state index >= 15 is 0 Å². The van der Waals surface area contributed by atoms with Gasteiger partial charge in [-0.3, -0.25) is 18.6 Å². The normalized spacial score (nSPS) is 14.0. The summed E-state index contributed by atoms with van der Waals surface area (Å²) in [5, 5.41) is 0. The van der Waals surface area contributed by atoms with E-state index in [9.17, 15) is 19.0 Å². The molecule has 0 saturated carbocycles. The standard InChI is InChI=1S/C41H72NO8P/c1-3-5-7-9-11-13-15-17-18-19-20-22-24-26-28-30-32-34-41(44)50-39(38-49-51(45,46)48-36-35-42)37-47-40(43)33-31-29-27-25-23-21-16-14-12-10-8-6-4-2/h7,9,13,15,18-19,21-24,39H,3-6,8,10-12,14,16-17,20,25-38,42H2,1-2H3,(H,45,46)/b9-7+,15-13+,19-18+,23-21+,24-22+/t39-/m1/s1. The van der Waals surface area contributed by atoms with Crippen molar-refractivity contribution >= 4 is 19.8 Å². The molecule has 10 heteroatoms. The molecule has 1 unspecified atom stereocenters. The number of esters is 2. The maximum Gasteiger partial charge on any atom is 0.472 e. The van der Waals surface area contributed by atoms with Crippen LogP contribution in [0.3, 0.4) is 0 Å². The lowest BCUT2D eigenvalue weighted by Gasteiger charge is -2.19. The van der Waals surface area contributed by atoms with Gasteiger partial charge >= 0.3 is 19.8 Å². The third-order valence-corrected chi connectivity index (χ3v) is 8.84. The van der Waals surface area contributed by atoms with Crippen LogP contribution in [0.5, 0.6) is 0 Å². The second-order valence-corrected chi connectivity index (χ2v) is 14.2. The van der Waals surface area contributed by atoms with Crippen LogP contribution in [-0.4, -0.2) is 49.3 Å². The highest BCUT2D eigenvalue weighted by Crippen LogP contribution is 2.43. The van der Waals surface area contributed by atoms with Crippen molar-refractivity contribution in [2.75, 3.05) is 26.4 Å². The highest BCUT2D eigenvalue weighted by atomic mass is 31.2. The van der Waals surface area contributed by atoms with E-state index in [1.807, 2.05) is 0 Å². The van der Waals surface area contributed by atoms with Gasteiger partial charge in [-0.2, -0.15) is 0 Å². The monoisotopic (exact) mass is 737 g/mol. The minimum absolute atomic E-state index is 0.0434. The number of allylic oxidation sites excluding steroid dienone is 10. The molecule has 3 N–H and O–H groups in total. The Labute approximate surface area is 310 Å². The number of ether oxygens (including phenoxy) is 2. The Morgan fingerprint density at radius 2 is 1.06 bits per heavy atom. The van der Waals surface area contributed by atoms with Crippen LogP contribution >= 0.6 is 7.82 Å². The first-order valence-corrected chi connectivity index (χ1v) is 21.3. The summed E-state index contributed by atoms with van der Waals surface area (Å²) in [6.45, 7) is 3.58. The van der Waals surface area contributed by atoms with Crippen molar-refractivity contribution in [1.29, 1.82) is 0 Å². The molecule has 0 radical (unpaired) electrons. The summed E-state index contributed by atoms with van der Waals surface area (Å²) in [5.41, 5.74) is 5.33. The van der Waals surface area contributed by atoms with Crippen LogP contribution in [0, 0.1) is 0 Å². The third kappa shape index (κ3) is 37.3. The Kier molecular flexibility index (Phi) is 35.8. The Hall–Kier alpha value is -2.29. The van der Waals surface area contributed by atoms with E-state index in [1.54, 1.807) is 0 Å². The molecule has 0 rings (SSSR count). The fourth-order valence-corrected chi connectivity index (χ4v) is 5.68. The van der Waals surface area contributed by atoms with Crippen LogP contribution in [0.4, 0.5) is 0 Å². The van der Waals surface area contributed by atoms with Crippen LogP contribution in [0.25, 0.3) is 0 Å². The summed E-state index contributed by atoms with van der Waals surface area (Å²) in [6, 6.07) is 0. The molecule has 294 valence electrons. The Morgan fingerprint density at radius 1 is 0.588 bits per heavy atom. The highest BCUT2D eigenvalue weighted by Gasteiger charge is 2.25. The number of carbonyl (C=O) groups is 2. The van der Waals surface area contributed by atoms with Gasteiger partial charge in [-0.1, -0.05) is 126 Å². The van der Waals surface area contributed by atoms with Gasteiger partial charge in [0, 0.05) is 19.4 Å². The Bertz CT molecular complexity index is 1020. The second-order valence-electron chi connectivity index (χ2n) is 12.8. The molecule has 0 heterocycles. The molecule has 0 aromatic heterocycles. The van der Waals surface area contributed by atoms with Crippen LogP contribution in [0.15, 0.2) is 60.8 Å². The number of carbonyl (C=O) groups excluding carboxylic acids is 2. The first-order chi connectivity index (χ1) is 24.8. The summed E-state index contributed by atoms with van der Waals surface area (Å²) < 4.78 is 32.6. The lowest BCUT2D eigenvalue weighted by molar-refractivity contribution is -0.161. The van der Waals surface area contributed by atoms with Crippen molar-refractivity contribution < 1.29 is 37.6 Å². The van der Waals surface area contributed by atoms with Crippen molar-refractivity contribution in [2.24, 2.45) is 5.73 Å². The van der Waals surface area contributed by atoms with Crippen LogP contribution in [0.1, 0.15) is 155 Å². The fraction of sp³-hybridized carbons (Fsp3) is 0.707. The molecular formula is C41H72NO8P. The summed E-state index contributed by atoms with van der Waals surface area (Å²) in [7, 11) is -4.39. The van der Waals surface area contributed by atoms with E-state index in [-0.39, 0.29) is 32.6 Å². The van der Waals surface area contributed by atoms with Gasteiger partial charge in [0.15, 0.2) is 6.10 Å². The van der Waals surface area contributed by atoms with Gasteiger partial charge in [0.1, 0.15) is 6.61 Å². The van der Waals surface area contributed by atoms with Crippen LogP contribution in [-0.2, 0) is 32.7 Å². The van der Waals surface area contributed by atoms with E-state index in [0.29, 0.717) is 12.8 Å². The van der Waals surface area contributed by atoms with Gasteiger partial charge < -0.3 is 20.1 Å². The minimum atomic E-state index is -4.39. The third-order valence-electron chi connectivity index (χ3n) is 7.86. The molecule has 51 heavy (non-hydrogen) atoms. The average Bonchev–Trinajstić information content (AvgIpc) is 3.11. The molecule has 0 aromatic carbocycles. The van der Waals surface area contributed by atoms with Gasteiger partial charge in [0.25, 0.3) is 0 Å². The molecule has 0 fully saturated rings. The van der Waals surface area contributed by atoms with Gasteiger partial charge in [-0.05, 0) is 77.0 Å². The van der Waals surface area contributed by atoms with E-state index in [1.165, 1.54) is 44.9 Å². The summed E-state index contributed by atoms with van der Waals surface area (Å²) in [4.78, 5) is 34.7. The molecule has 0 aliphatic carbocycles. The molecule has 0 aliphatic rings. The van der Waals surface area contributed by atoms with E-state index in [0.717, 1.165) is 70.6 Å². The summed E-state index contributed by atoms with van der Waals surface area (Å²) in [6.07, 6.45) is 42.5. The zero-order valence-electron chi connectivity index (χ0n) is 32.1. The fourth-order valence-electron chi connectivity index (χ4n) is 4.91.